The first-order valence-electron chi connectivity index (χ1n) is 8.47. The summed E-state index contributed by atoms with van der Waals surface area (Å²) in [6.45, 7) is 1.93. The van der Waals surface area contributed by atoms with Gasteiger partial charge in [-0.05, 0) is 36.8 Å². The highest BCUT2D eigenvalue weighted by Gasteiger charge is 2.10. The molecular weight excluding hydrogens is 358 g/mol. The molecule has 0 fully saturated rings. The largest absolute Gasteiger partial charge is 0.298 e. The van der Waals surface area contributed by atoms with Crippen LogP contribution < -0.4 is 5.32 Å². The van der Waals surface area contributed by atoms with Crippen molar-refractivity contribution >= 4 is 22.4 Å². The predicted octanol–water partition coefficient (Wildman–Crippen LogP) is 3.88. The minimum Gasteiger partial charge on any atom is -0.298 e. The van der Waals surface area contributed by atoms with Crippen LogP contribution in [0.4, 0.5) is 5.13 Å². The monoisotopic (exact) mass is 375 g/mol. The number of rotatable bonds is 5. The van der Waals surface area contributed by atoms with Gasteiger partial charge in [0.25, 0.3) is 5.91 Å². The lowest BCUT2D eigenvalue weighted by atomic mass is 10.1. The summed E-state index contributed by atoms with van der Waals surface area (Å²) in [4.78, 5) is 17.9. The number of nitrogens with one attached hydrogen (secondary N) is 1. The fourth-order valence-electron chi connectivity index (χ4n) is 2.71. The summed E-state index contributed by atoms with van der Waals surface area (Å²) in [5.41, 5.74) is 3.58. The summed E-state index contributed by atoms with van der Waals surface area (Å²) in [5.74, 6) is -0.183. The molecule has 0 aliphatic heterocycles. The molecule has 0 saturated carbocycles. The number of carbonyl (C=O) groups excluding carboxylic acids is 1. The molecule has 0 aliphatic carbocycles. The molecule has 1 amide bonds. The van der Waals surface area contributed by atoms with Crippen molar-refractivity contribution in [2.24, 2.45) is 0 Å². The van der Waals surface area contributed by atoms with Gasteiger partial charge in [-0.2, -0.15) is 0 Å². The van der Waals surface area contributed by atoms with Crippen LogP contribution in [0, 0.1) is 6.92 Å². The number of hydrogen-bond donors (Lipinski definition) is 1. The Morgan fingerprint density at radius 2 is 1.85 bits per heavy atom. The van der Waals surface area contributed by atoms with E-state index in [1.807, 2.05) is 43.5 Å². The van der Waals surface area contributed by atoms with E-state index in [1.54, 1.807) is 23.0 Å². The maximum Gasteiger partial charge on any atom is 0.257 e. The van der Waals surface area contributed by atoms with E-state index >= 15 is 0 Å². The van der Waals surface area contributed by atoms with Crippen molar-refractivity contribution in [1.29, 1.82) is 0 Å². The summed E-state index contributed by atoms with van der Waals surface area (Å²) in [5, 5.41) is 11.4. The Hall–Kier alpha value is -3.32. The first-order chi connectivity index (χ1) is 13.2. The van der Waals surface area contributed by atoms with Crippen molar-refractivity contribution in [1.82, 2.24) is 20.0 Å². The van der Waals surface area contributed by atoms with Gasteiger partial charge in [-0.1, -0.05) is 35.5 Å². The number of benzene rings is 2. The van der Waals surface area contributed by atoms with Gasteiger partial charge in [-0.3, -0.25) is 10.1 Å². The fourth-order valence-corrected chi connectivity index (χ4v) is 3.55. The number of aromatic nitrogens is 4. The molecule has 6 nitrogen and oxygen atoms in total. The van der Waals surface area contributed by atoms with Crippen molar-refractivity contribution in [2.75, 3.05) is 5.32 Å². The van der Waals surface area contributed by atoms with E-state index in [0.29, 0.717) is 10.7 Å². The predicted molar refractivity (Wildman–Crippen MR) is 105 cm³/mol. The first-order valence-corrected chi connectivity index (χ1v) is 9.28. The van der Waals surface area contributed by atoms with Gasteiger partial charge in [-0.15, -0.1) is 16.4 Å². The van der Waals surface area contributed by atoms with E-state index in [2.05, 4.69) is 32.7 Å². The minimum absolute atomic E-state index is 0.183. The number of carbonyl (C=O) groups is 1. The minimum atomic E-state index is -0.183. The van der Waals surface area contributed by atoms with Gasteiger partial charge in [0.15, 0.2) is 5.13 Å². The van der Waals surface area contributed by atoms with Crippen LogP contribution in [0.1, 0.15) is 26.5 Å². The van der Waals surface area contributed by atoms with E-state index < -0.39 is 0 Å². The molecule has 27 heavy (non-hydrogen) atoms. The summed E-state index contributed by atoms with van der Waals surface area (Å²) >= 11 is 1.49. The molecule has 0 bridgehead atoms. The van der Waals surface area contributed by atoms with Gasteiger partial charge in [0.05, 0.1) is 17.6 Å². The van der Waals surface area contributed by atoms with Gasteiger partial charge in [0.1, 0.15) is 0 Å². The zero-order chi connectivity index (χ0) is 18.6. The SMILES string of the molecule is Cc1cnnn1-c1ccc(C(=O)Nc2ncc(Cc3ccccc3)s2)cc1. The van der Waals surface area contributed by atoms with Crippen LogP contribution in [0.25, 0.3) is 5.69 Å². The Labute approximate surface area is 160 Å². The van der Waals surface area contributed by atoms with Gasteiger partial charge < -0.3 is 0 Å². The Morgan fingerprint density at radius 1 is 1.07 bits per heavy atom. The summed E-state index contributed by atoms with van der Waals surface area (Å²) in [7, 11) is 0. The summed E-state index contributed by atoms with van der Waals surface area (Å²) < 4.78 is 1.72. The molecule has 4 aromatic rings. The van der Waals surface area contributed by atoms with Gasteiger partial charge in [-0.25, -0.2) is 9.67 Å². The second kappa shape index (κ2) is 7.51. The molecule has 4 rings (SSSR count). The zero-order valence-electron chi connectivity index (χ0n) is 14.7. The van der Waals surface area contributed by atoms with Crippen molar-refractivity contribution < 1.29 is 4.79 Å². The third-order valence-electron chi connectivity index (χ3n) is 4.09. The van der Waals surface area contributed by atoms with Crippen LogP contribution in [-0.2, 0) is 6.42 Å². The van der Waals surface area contributed by atoms with Gasteiger partial charge in [0.2, 0.25) is 0 Å². The summed E-state index contributed by atoms with van der Waals surface area (Å²) in [6, 6.07) is 17.4. The van der Waals surface area contributed by atoms with Crippen molar-refractivity contribution in [3.63, 3.8) is 0 Å². The number of amides is 1. The number of aryl methyl sites for hydroxylation is 1. The fraction of sp³-hybridized carbons (Fsp3) is 0.100. The molecule has 0 aliphatic rings. The molecule has 2 heterocycles. The quantitative estimate of drug-likeness (QED) is 0.575. The molecule has 0 unspecified atom stereocenters. The maximum atomic E-state index is 12.5. The molecule has 0 radical (unpaired) electrons. The van der Waals surface area contributed by atoms with Gasteiger partial charge in [0, 0.05) is 23.1 Å². The average molecular weight is 375 g/mol. The third-order valence-corrected chi connectivity index (χ3v) is 5.00. The van der Waals surface area contributed by atoms with E-state index in [9.17, 15) is 4.79 Å². The van der Waals surface area contributed by atoms with E-state index in [0.717, 1.165) is 22.7 Å². The molecule has 7 heteroatoms. The summed E-state index contributed by atoms with van der Waals surface area (Å²) in [6.07, 6.45) is 4.31. The highest BCUT2D eigenvalue weighted by molar-refractivity contribution is 7.15. The second-order valence-electron chi connectivity index (χ2n) is 6.08. The number of hydrogen-bond acceptors (Lipinski definition) is 5. The van der Waals surface area contributed by atoms with Gasteiger partial charge >= 0.3 is 0 Å². The smallest absolute Gasteiger partial charge is 0.257 e. The Kier molecular flexibility index (Phi) is 4.76. The lowest BCUT2D eigenvalue weighted by molar-refractivity contribution is 0.102. The van der Waals surface area contributed by atoms with E-state index in [4.69, 9.17) is 0 Å². The molecular formula is C20H17N5OS. The highest BCUT2D eigenvalue weighted by atomic mass is 32.1. The number of thiazole rings is 1. The Balaban J connectivity index is 1.43. The molecule has 2 aromatic carbocycles. The third kappa shape index (κ3) is 3.93. The lowest BCUT2D eigenvalue weighted by Crippen LogP contribution is -2.11. The first kappa shape index (κ1) is 17.1. The maximum absolute atomic E-state index is 12.5. The lowest BCUT2D eigenvalue weighted by Gasteiger charge is -2.05. The topological polar surface area (TPSA) is 72.7 Å². The Bertz CT molecular complexity index is 1050. The standard InChI is InChI=1S/C20H17N5OS/c1-14-12-22-24-25(14)17-9-7-16(8-10-17)19(26)23-20-21-13-18(27-20)11-15-5-3-2-4-6-15/h2-10,12-13H,11H2,1H3,(H,21,23,26). The normalized spacial score (nSPS) is 10.7. The molecule has 0 spiro atoms. The van der Waals surface area contributed by atoms with Crippen molar-refractivity contribution in [3.05, 3.63) is 88.7 Å². The molecule has 0 saturated heterocycles. The molecule has 2 aromatic heterocycles. The Morgan fingerprint density at radius 3 is 2.56 bits per heavy atom. The number of nitrogens with zero attached hydrogens (tertiary/aromatic N) is 4. The van der Waals surface area contributed by atoms with Crippen LogP contribution in [0.2, 0.25) is 0 Å². The highest BCUT2D eigenvalue weighted by Crippen LogP contribution is 2.22. The number of anilines is 1. The van der Waals surface area contributed by atoms with Crippen LogP contribution in [0.5, 0.6) is 0 Å². The van der Waals surface area contributed by atoms with Crippen LogP contribution in [0.3, 0.4) is 0 Å². The van der Waals surface area contributed by atoms with E-state index in [1.165, 1.54) is 16.9 Å². The van der Waals surface area contributed by atoms with Crippen LogP contribution >= 0.6 is 11.3 Å². The van der Waals surface area contributed by atoms with E-state index in [-0.39, 0.29) is 5.91 Å². The second-order valence-corrected chi connectivity index (χ2v) is 7.20. The molecule has 0 atom stereocenters. The average Bonchev–Trinajstić information content (AvgIpc) is 3.31. The zero-order valence-corrected chi connectivity index (χ0v) is 15.5. The van der Waals surface area contributed by atoms with Crippen LogP contribution in [0.15, 0.2) is 67.0 Å². The van der Waals surface area contributed by atoms with Crippen molar-refractivity contribution in [3.8, 4) is 5.69 Å². The molecule has 134 valence electrons. The molecule has 1 N–H and O–H groups in total. The van der Waals surface area contributed by atoms with Crippen molar-refractivity contribution in [2.45, 2.75) is 13.3 Å². The van der Waals surface area contributed by atoms with Crippen LogP contribution in [-0.4, -0.2) is 25.9 Å².